The van der Waals surface area contributed by atoms with E-state index < -0.39 is 0 Å². The second-order valence-corrected chi connectivity index (χ2v) is 6.26. The third-order valence-electron chi connectivity index (χ3n) is 4.31. The molecule has 1 aromatic heterocycles. The van der Waals surface area contributed by atoms with Crippen molar-refractivity contribution >= 4 is 6.08 Å². The average molecular weight is 244 g/mol. The van der Waals surface area contributed by atoms with Gasteiger partial charge in [-0.15, -0.1) is 0 Å². The normalized spacial score (nSPS) is 22.7. The van der Waals surface area contributed by atoms with Crippen molar-refractivity contribution in [1.82, 2.24) is 9.97 Å². The Morgan fingerprint density at radius 1 is 1.17 bits per heavy atom. The fraction of sp³-hybridized carbons (Fsp3) is 0.625. The summed E-state index contributed by atoms with van der Waals surface area (Å²) in [4.78, 5) is 9.53. The van der Waals surface area contributed by atoms with E-state index in [0.717, 1.165) is 17.9 Å². The van der Waals surface area contributed by atoms with Gasteiger partial charge in [0.1, 0.15) is 5.82 Å². The van der Waals surface area contributed by atoms with Crippen LogP contribution in [0.15, 0.2) is 6.08 Å². The van der Waals surface area contributed by atoms with Crippen molar-refractivity contribution in [3.63, 3.8) is 0 Å². The predicted molar refractivity (Wildman–Crippen MR) is 76.7 cm³/mol. The monoisotopic (exact) mass is 244 g/mol. The number of allylic oxidation sites excluding steroid dienone is 1. The van der Waals surface area contributed by atoms with Crippen molar-refractivity contribution in [1.29, 1.82) is 0 Å². The van der Waals surface area contributed by atoms with Gasteiger partial charge in [0.2, 0.25) is 0 Å². The van der Waals surface area contributed by atoms with E-state index in [1.165, 1.54) is 11.3 Å². The molecule has 1 aromatic rings. The van der Waals surface area contributed by atoms with E-state index in [1.54, 1.807) is 0 Å². The molecule has 0 saturated heterocycles. The van der Waals surface area contributed by atoms with Crippen LogP contribution in [0.3, 0.4) is 0 Å². The Morgan fingerprint density at radius 3 is 2.39 bits per heavy atom. The van der Waals surface area contributed by atoms with Gasteiger partial charge in [-0.25, -0.2) is 9.97 Å². The third-order valence-corrected chi connectivity index (χ3v) is 4.31. The first-order chi connectivity index (χ1) is 8.36. The number of rotatable bonds is 2. The van der Waals surface area contributed by atoms with Crippen molar-refractivity contribution in [3.8, 4) is 0 Å². The van der Waals surface area contributed by atoms with Gasteiger partial charge in [-0.05, 0) is 19.3 Å². The Hall–Kier alpha value is -1.18. The molecule has 1 unspecified atom stereocenters. The topological polar surface area (TPSA) is 25.8 Å². The third kappa shape index (κ3) is 1.98. The molecule has 2 rings (SSSR count). The molecule has 1 atom stereocenters. The van der Waals surface area contributed by atoms with Crippen LogP contribution in [0.25, 0.3) is 6.08 Å². The summed E-state index contributed by atoms with van der Waals surface area (Å²) < 4.78 is 0. The van der Waals surface area contributed by atoms with Gasteiger partial charge in [0.25, 0.3) is 0 Å². The van der Waals surface area contributed by atoms with Gasteiger partial charge in [-0.2, -0.15) is 0 Å². The molecule has 1 aliphatic rings. The van der Waals surface area contributed by atoms with Crippen LogP contribution in [0, 0.1) is 12.8 Å². The summed E-state index contributed by atoms with van der Waals surface area (Å²) in [6.45, 7) is 13.3. The molecule has 1 heterocycles. The molecule has 1 aliphatic carbocycles. The molecule has 0 aliphatic heterocycles. The molecule has 0 aromatic carbocycles. The number of aryl methyl sites for hydroxylation is 1. The van der Waals surface area contributed by atoms with Crippen LogP contribution in [0.1, 0.15) is 69.7 Å². The highest BCUT2D eigenvalue weighted by Gasteiger charge is 2.35. The summed E-state index contributed by atoms with van der Waals surface area (Å²) in [5.74, 6) is 1.94. The van der Waals surface area contributed by atoms with E-state index >= 15 is 0 Å². The van der Waals surface area contributed by atoms with E-state index in [4.69, 9.17) is 4.98 Å². The molecule has 2 heteroatoms. The summed E-state index contributed by atoms with van der Waals surface area (Å²) in [5, 5.41) is 0. The summed E-state index contributed by atoms with van der Waals surface area (Å²) >= 11 is 0. The SMILES string of the molecule is Cc1nc(C(C)C)nc2c1C=CCC2(C)C(C)C. The number of hydrogen-bond donors (Lipinski definition) is 0. The molecule has 0 amide bonds. The van der Waals surface area contributed by atoms with Gasteiger partial charge < -0.3 is 0 Å². The molecule has 2 nitrogen and oxygen atoms in total. The number of hydrogen-bond acceptors (Lipinski definition) is 2. The standard InChI is InChI=1S/C16H24N2/c1-10(2)15-17-12(5)13-8-7-9-16(6,11(3)4)14(13)18-15/h7-8,10-11H,9H2,1-6H3. The van der Waals surface area contributed by atoms with Crippen LogP contribution < -0.4 is 0 Å². The molecular weight excluding hydrogens is 220 g/mol. The lowest BCUT2D eigenvalue weighted by Crippen LogP contribution is -2.33. The highest BCUT2D eigenvalue weighted by Crippen LogP contribution is 2.41. The molecule has 0 radical (unpaired) electrons. The van der Waals surface area contributed by atoms with Gasteiger partial charge in [-0.3, -0.25) is 0 Å². The Kier molecular flexibility index (Phi) is 3.31. The molecule has 18 heavy (non-hydrogen) atoms. The van der Waals surface area contributed by atoms with Crippen LogP contribution in [0.5, 0.6) is 0 Å². The maximum absolute atomic E-state index is 4.89. The Labute approximate surface area is 111 Å². The molecular formula is C16H24N2. The maximum atomic E-state index is 4.89. The molecule has 0 N–H and O–H groups in total. The van der Waals surface area contributed by atoms with Gasteiger partial charge in [0.15, 0.2) is 0 Å². The highest BCUT2D eigenvalue weighted by molar-refractivity contribution is 5.59. The first-order valence-electron chi connectivity index (χ1n) is 6.91. The second kappa shape index (κ2) is 4.49. The Morgan fingerprint density at radius 2 is 1.83 bits per heavy atom. The van der Waals surface area contributed by atoms with E-state index in [1.807, 2.05) is 0 Å². The lowest BCUT2D eigenvalue weighted by molar-refractivity contribution is 0.326. The largest absolute Gasteiger partial charge is 0.237 e. The first-order valence-corrected chi connectivity index (χ1v) is 6.91. The van der Waals surface area contributed by atoms with E-state index in [9.17, 15) is 0 Å². The van der Waals surface area contributed by atoms with E-state index in [0.29, 0.717) is 11.8 Å². The molecule has 0 bridgehead atoms. The lowest BCUT2D eigenvalue weighted by Gasteiger charge is -2.36. The van der Waals surface area contributed by atoms with Crippen LogP contribution in [-0.4, -0.2) is 9.97 Å². The molecule has 0 spiro atoms. The van der Waals surface area contributed by atoms with Gasteiger partial charge >= 0.3 is 0 Å². The summed E-state index contributed by atoms with van der Waals surface area (Å²) in [7, 11) is 0. The van der Waals surface area contributed by atoms with Crippen molar-refractivity contribution in [2.75, 3.05) is 0 Å². The second-order valence-electron chi connectivity index (χ2n) is 6.26. The number of nitrogens with zero attached hydrogens (tertiary/aromatic N) is 2. The van der Waals surface area contributed by atoms with Crippen molar-refractivity contribution in [3.05, 3.63) is 28.9 Å². The zero-order chi connectivity index (χ0) is 13.5. The minimum absolute atomic E-state index is 0.140. The summed E-state index contributed by atoms with van der Waals surface area (Å²) in [6, 6.07) is 0. The quantitative estimate of drug-likeness (QED) is 0.777. The minimum atomic E-state index is 0.140. The number of aromatic nitrogens is 2. The minimum Gasteiger partial charge on any atom is -0.237 e. The Bertz CT molecular complexity index is 486. The van der Waals surface area contributed by atoms with Crippen LogP contribution in [-0.2, 0) is 5.41 Å². The summed E-state index contributed by atoms with van der Waals surface area (Å²) in [6.07, 6.45) is 5.54. The molecule has 0 saturated carbocycles. The van der Waals surface area contributed by atoms with Crippen LogP contribution >= 0.6 is 0 Å². The first kappa shape index (κ1) is 13.3. The van der Waals surface area contributed by atoms with Gasteiger partial charge in [-0.1, -0.05) is 46.8 Å². The van der Waals surface area contributed by atoms with Crippen molar-refractivity contribution in [2.45, 2.75) is 59.3 Å². The maximum Gasteiger partial charge on any atom is 0.131 e. The zero-order valence-corrected chi connectivity index (χ0v) is 12.4. The van der Waals surface area contributed by atoms with Crippen LogP contribution in [0.2, 0.25) is 0 Å². The Balaban J connectivity index is 2.66. The zero-order valence-electron chi connectivity index (χ0n) is 12.4. The average Bonchev–Trinajstić information content (AvgIpc) is 2.29. The fourth-order valence-corrected chi connectivity index (χ4v) is 2.52. The summed E-state index contributed by atoms with van der Waals surface area (Å²) in [5.41, 5.74) is 3.74. The molecule has 0 fully saturated rings. The van der Waals surface area contributed by atoms with E-state index in [2.05, 4.69) is 58.7 Å². The number of fused-ring (bicyclic) bond motifs is 1. The smallest absolute Gasteiger partial charge is 0.131 e. The van der Waals surface area contributed by atoms with Crippen molar-refractivity contribution in [2.24, 2.45) is 5.92 Å². The van der Waals surface area contributed by atoms with Gasteiger partial charge in [0, 0.05) is 22.6 Å². The highest BCUT2D eigenvalue weighted by atomic mass is 14.9. The predicted octanol–water partition coefficient (Wildman–Crippen LogP) is 4.24. The molecule has 98 valence electrons. The van der Waals surface area contributed by atoms with Gasteiger partial charge in [0.05, 0.1) is 5.69 Å². The fourth-order valence-electron chi connectivity index (χ4n) is 2.52. The van der Waals surface area contributed by atoms with Crippen molar-refractivity contribution < 1.29 is 0 Å². The van der Waals surface area contributed by atoms with E-state index in [-0.39, 0.29) is 5.41 Å². The lowest BCUT2D eigenvalue weighted by atomic mass is 9.69. The van der Waals surface area contributed by atoms with Crippen LogP contribution in [0.4, 0.5) is 0 Å².